The molecule has 0 saturated heterocycles. The molecule has 0 bridgehead atoms. The maximum absolute atomic E-state index is 12.3. The molecule has 1 heterocycles. The van der Waals surface area contributed by atoms with Gasteiger partial charge < -0.3 is 10.0 Å². The summed E-state index contributed by atoms with van der Waals surface area (Å²) in [6.45, 7) is 5.53. The minimum atomic E-state index is -1.51. The van der Waals surface area contributed by atoms with Crippen molar-refractivity contribution < 1.29 is 9.90 Å². The van der Waals surface area contributed by atoms with Gasteiger partial charge in [-0.1, -0.05) is 44.5 Å². The summed E-state index contributed by atoms with van der Waals surface area (Å²) in [5.41, 5.74) is -0.905. The van der Waals surface area contributed by atoms with E-state index >= 15 is 0 Å². The second-order valence-electron chi connectivity index (χ2n) is 5.46. The van der Waals surface area contributed by atoms with Crippen LogP contribution in [0.15, 0.2) is 18.2 Å². The van der Waals surface area contributed by atoms with E-state index in [9.17, 15) is 9.90 Å². The van der Waals surface area contributed by atoms with E-state index in [1.54, 1.807) is 25.2 Å². The summed E-state index contributed by atoms with van der Waals surface area (Å²) in [4.78, 5) is 13.7. The molecular weight excluding hydrogens is 238 g/mol. The zero-order chi connectivity index (χ0) is 13.0. The molecule has 0 aromatic heterocycles. The van der Waals surface area contributed by atoms with Crippen LogP contribution in [0.5, 0.6) is 0 Å². The third-order valence-corrected chi connectivity index (χ3v) is 3.72. The first kappa shape index (κ1) is 12.4. The second kappa shape index (κ2) is 3.47. The number of benzene rings is 1. The number of rotatable bonds is 0. The van der Waals surface area contributed by atoms with E-state index in [1.807, 2.05) is 20.8 Å². The third-order valence-electron chi connectivity index (χ3n) is 3.41. The number of carbonyl (C=O) groups excluding carboxylic acids is 1. The highest BCUT2D eigenvalue weighted by molar-refractivity contribution is 6.35. The molecule has 1 N–H and O–H groups in total. The van der Waals surface area contributed by atoms with E-state index in [1.165, 1.54) is 4.90 Å². The van der Waals surface area contributed by atoms with Gasteiger partial charge in [0.2, 0.25) is 0 Å². The number of aliphatic hydroxyl groups is 1. The zero-order valence-electron chi connectivity index (χ0n) is 10.4. The van der Waals surface area contributed by atoms with Crippen molar-refractivity contribution in [2.45, 2.75) is 26.4 Å². The summed E-state index contributed by atoms with van der Waals surface area (Å²) in [6.07, 6.45) is 0. The highest BCUT2D eigenvalue weighted by atomic mass is 35.5. The van der Waals surface area contributed by atoms with Crippen LogP contribution in [0.4, 0.5) is 5.69 Å². The van der Waals surface area contributed by atoms with Crippen molar-refractivity contribution in [2.24, 2.45) is 5.41 Å². The second-order valence-corrected chi connectivity index (χ2v) is 5.87. The first-order chi connectivity index (χ1) is 7.71. The molecule has 4 heteroatoms. The quantitative estimate of drug-likeness (QED) is 0.772. The predicted molar refractivity (Wildman–Crippen MR) is 68.2 cm³/mol. The lowest BCUT2D eigenvalue weighted by molar-refractivity contribution is -0.148. The van der Waals surface area contributed by atoms with Gasteiger partial charge in [0.05, 0.1) is 10.7 Å². The average Bonchev–Trinajstić information content (AvgIpc) is 2.42. The first-order valence-corrected chi connectivity index (χ1v) is 5.88. The molecule has 1 aliphatic heterocycles. The molecule has 3 nitrogen and oxygen atoms in total. The number of para-hydroxylation sites is 1. The van der Waals surface area contributed by atoms with Crippen LogP contribution in [0.1, 0.15) is 26.3 Å². The van der Waals surface area contributed by atoms with E-state index in [0.29, 0.717) is 16.3 Å². The Bertz CT molecular complexity index is 493. The van der Waals surface area contributed by atoms with Gasteiger partial charge in [-0.25, -0.2) is 0 Å². The van der Waals surface area contributed by atoms with Crippen molar-refractivity contribution in [3.05, 3.63) is 28.8 Å². The number of nitrogens with zero attached hydrogens (tertiary/aromatic N) is 1. The fourth-order valence-electron chi connectivity index (χ4n) is 2.33. The van der Waals surface area contributed by atoms with Gasteiger partial charge in [0, 0.05) is 18.0 Å². The van der Waals surface area contributed by atoms with Crippen LogP contribution in [-0.4, -0.2) is 18.1 Å². The molecule has 0 saturated carbocycles. The Morgan fingerprint density at radius 1 is 1.35 bits per heavy atom. The smallest absolute Gasteiger partial charge is 0.264 e. The average molecular weight is 254 g/mol. The molecule has 92 valence electrons. The van der Waals surface area contributed by atoms with E-state index in [2.05, 4.69) is 0 Å². The maximum atomic E-state index is 12.3. The summed E-state index contributed by atoms with van der Waals surface area (Å²) in [5, 5.41) is 11.3. The predicted octanol–water partition coefficient (Wildman–Crippen LogP) is 2.55. The molecular formula is C13H16ClNO2. The summed E-state index contributed by atoms with van der Waals surface area (Å²) >= 11 is 6.10. The number of halogens is 1. The number of amides is 1. The first-order valence-electron chi connectivity index (χ1n) is 5.51. The summed E-state index contributed by atoms with van der Waals surface area (Å²) in [6, 6.07) is 5.23. The Morgan fingerprint density at radius 2 is 1.94 bits per heavy atom. The molecule has 1 aliphatic rings. The molecule has 2 rings (SSSR count). The summed E-state index contributed by atoms with van der Waals surface area (Å²) in [5.74, 6) is -0.326. The summed E-state index contributed by atoms with van der Waals surface area (Å²) < 4.78 is 0. The molecule has 1 aromatic rings. The van der Waals surface area contributed by atoms with Gasteiger partial charge in [-0.15, -0.1) is 0 Å². The third kappa shape index (κ3) is 1.42. The van der Waals surface area contributed by atoms with Crippen LogP contribution < -0.4 is 4.90 Å². The van der Waals surface area contributed by atoms with Crippen molar-refractivity contribution in [3.8, 4) is 0 Å². The fraction of sp³-hybridized carbons (Fsp3) is 0.462. The van der Waals surface area contributed by atoms with E-state index in [4.69, 9.17) is 11.6 Å². The van der Waals surface area contributed by atoms with Crippen molar-refractivity contribution in [3.63, 3.8) is 0 Å². The lowest BCUT2D eigenvalue weighted by atomic mass is 9.73. The highest BCUT2D eigenvalue weighted by Crippen LogP contribution is 2.51. The van der Waals surface area contributed by atoms with Crippen LogP contribution in [0, 0.1) is 5.41 Å². The molecule has 1 amide bonds. The number of anilines is 1. The van der Waals surface area contributed by atoms with E-state index in [-0.39, 0.29) is 5.91 Å². The van der Waals surface area contributed by atoms with Gasteiger partial charge >= 0.3 is 0 Å². The van der Waals surface area contributed by atoms with Gasteiger partial charge in [0.1, 0.15) is 0 Å². The Balaban J connectivity index is 2.77. The SMILES string of the molecule is CN1C(=O)C(O)(C(C)(C)C)c2cccc(Cl)c21. The Morgan fingerprint density at radius 3 is 2.47 bits per heavy atom. The molecule has 17 heavy (non-hydrogen) atoms. The summed E-state index contributed by atoms with van der Waals surface area (Å²) in [7, 11) is 1.64. The normalized spacial score (nSPS) is 24.1. The molecule has 1 aromatic carbocycles. The van der Waals surface area contributed by atoms with E-state index in [0.717, 1.165) is 0 Å². The van der Waals surface area contributed by atoms with E-state index < -0.39 is 11.0 Å². The molecule has 0 spiro atoms. The van der Waals surface area contributed by atoms with Crippen molar-refractivity contribution in [2.75, 3.05) is 11.9 Å². The maximum Gasteiger partial charge on any atom is 0.264 e. The number of hydrogen-bond acceptors (Lipinski definition) is 2. The van der Waals surface area contributed by atoms with Crippen molar-refractivity contribution in [1.29, 1.82) is 0 Å². The van der Waals surface area contributed by atoms with Crippen LogP contribution in [0.2, 0.25) is 5.02 Å². The van der Waals surface area contributed by atoms with Crippen LogP contribution >= 0.6 is 11.6 Å². The van der Waals surface area contributed by atoms with Gasteiger partial charge in [-0.3, -0.25) is 4.79 Å². The van der Waals surface area contributed by atoms with Crippen LogP contribution in [0.3, 0.4) is 0 Å². The van der Waals surface area contributed by atoms with Gasteiger partial charge in [-0.2, -0.15) is 0 Å². The minimum Gasteiger partial charge on any atom is -0.375 e. The number of carbonyl (C=O) groups is 1. The lowest BCUT2D eigenvalue weighted by Crippen LogP contribution is -2.48. The standard InChI is InChI=1S/C13H16ClNO2/c1-12(2,3)13(17)8-6-5-7-9(14)10(8)15(4)11(13)16/h5-7,17H,1-4H3. The number of likely N-dealkylation sites (N-methyl/N-ethyl adjacent to an activating group) is 1. The lowest BCUT2D eigenvalue weighted by Gasteiger charge is -2.35. The highest BCUT2D eigenvalue weighted by Gasteiger charge is 2.56. The molecule has 1 atom stereocenters. The number of hydrogen-bond donors (Lipinski definition) is 1. The Labute approximate surface area is 106 Å². The van der Waals surface area contributed by atoms with Crippen LogP contribution in [0.25, 0.3) is 0 Å². The molecule has 0 fully saturated rings. The van der Waals surface area contributed by atoms with Crippen LogP contribution in [-0.2, 0) is 10.4 Å². The topological polar surface area (TPSA) is 40.5 Å². The Hall–Kier alpha value is -1.06. The van der Waals surface area contributed by atoms with Crippen molar-refractivity contribution >= 4 is 23.2 Å². The molecule has 0 radical (unpaired) electrons. The molecule has 0 aliphatic carbocycles. The Kier molecular flexibility index (Phi) is 2.53. The fourth-order valence-corrected chi connectivity index (χ4v) is 2.63. The molecule has 1 unspecified atom stereocenters. The van der Waals surface area contributed by atoms with Gasteiger partial charge in [0.25, 0.3) is 5.91 Å². The minimum absolute atomic E-state index is 0.326. The van der Waals surface area contributed by atoms with Gasteiger partial charge in [-0.05, 0) is 6.07 Å². The largest absolute Gasteiger partial charge is 0.375 e. The monoisotopic (exact) mass is 253 g/mol. The zero-order valence-corrected chi connectivity index (χ0v) is 11.2. The van der Waals surface area contributed by atoms with Gasteiger partial charge in [0.15, 0.2) is 5.60 Å². The van der Waals surface area contributed by atoms with Crippen molar-refractivity contribution in [1.82, 2.24) is 0 Å². The number of fused-ring (bicyclic) bond motifs is 1.